The predicted octanol–water partition coefficient (Wildman–Crippen LogP) is 4.85. The van der Waals surface area contributed by atoms with Crippen molar-refractivity contribution in [3.63, 3.8) is 0 Å². The Hall–Kier alpha value is -0.930. The van der Waals surface area contributed by atoms with Gasteiger partial charge in [-0.05, 0) is 59.6 Å². The smallest absolute Gasteiger partial charge is 0.191 e. The number of nitrogens with zero attached hydrogens (tertiary/aromatic N) is 1. The van der Waals surface area contributed by atoms with Crippen molar-refractivity contribution < 1.29 is 4.74 Å². The standard InChI is InChI=1S/C19H27N3OS2.HI/c1-20-19(21-10-4-5-11-24-3)22-13-18-12-16(14-25-18)15-6-8-17(23-2)9-7-15;/h6-9,12,14H,4-5,10-11,13H2,1-3H3,(H2,20,21,22);1H. The lowest BCUT2D eigenvalue weighted by atomic mass is 10.1. The Morgan fingerprint density at radius 2 is 1.92 bits per heavy atom. The maximum Gasteiger partial charge on any atom is 0.191 e. The summed E-state index contributed by atoms with van der Waals surface area (Å²) in [4.78, 5) is 5.57. The van der Waals surface area contributed by atoms with E-state index in [1.807, 2.05) is 30.9 Å². The van der Waals surface area contributed by atoms with Gasteiger partial charge in [-0.2, -0.15) is 11.8 Å². The Bertz CT molecular complexity index is 659. The SMILES string of the molecule is CN=C(NCCCCSC)NCc1cc(-c2ccc(OC)cc2)cs1.I. The van der Waals surface area contributed by atoms with Crippen molar-refractivity contribution in [1.82, 2.24) is 10.6 Å². The zero-order valence-corrected chi connectivity index (χ0v) is 19.5. The van der Waals surface area contributed by atoms with Gasteiger partial charge in [0.05, 0.1) is 13.7 Å². The fraction of sp³-hybridized carbons (Fsp3) is 0.421. The fourth-order valence-electron chi connectivity index (χ4n) is 2.38. The largest absolute Gasteiger partial charge is 0.497 e. The van der Waals surface area contributed by atoms with Crippen molar-refractivity contribution in [2.75, 3.05) is 32.7 Å². The van der Waals surface area contributed by atoms with Crippen LogP contribution >= 0.6 is 47.1 Å². The van der Waals surface area contributed by atoms with Gasteiger partial charge in [-0.1, -0.05) is 12.1 Å². The van der Waals surface area contributed by atoms with Crippen molar-refractivity contribution in [2.45, 2.75) is 19.4 Å². The molecule has 1 heterocycles. The maximum atomic E-state index is 5.21. The number of thioether (sulfide) groups is 1. The number of hydrogen-bond donors (Lipinski definition) is 2. The molecule has 7 heteroatoms. The van der Waals surface area contributed by atoms with Gasteiger partial charge in [0.2, 0.25) is 0 Å². The van der Waals surface area contributed by atoms with Crippen LogP contribution in [-0.4, -0.2) is 38.7 Å². The number of halogens is 1. The summed E-state index contributed by atoms with van der Waals surface area (Å²) in [6.45, 7) is 1.74. The Balaban J connectivity index is 0.00000338. The molecule has 2 aromatic rings. The van der Waals surface area contributed by atoms with Crippen LogP contribution in [0.5, 0.6) is 5.75 Å². The first-order valence-electron chi connectivity index (χ1n) is 8.42. The molecule has 0 fully saturated rings. The number of rotatable bonds is 9. The number of thiophene rings is 1. The third-order valence-corrected chi connectivity index (χ3v) is 5.43. The molecule has 0 spiro atoms. The van der Waals surface area contributed by atoms with Crippen LogP contribution in [0.4, 0.5) is 0 Å². The molecular formula is C19H28IN3OS2. The summed E-state index contributed by atoms with van der Waals surface area (Å²) >= 11 is 3.66. The average Bonchev–Trinajstić information content (AvgIpc) is 3.13. The third-order valence-electron chi connectivity index (χ3n) is 3.80. The number of guanidine groups is 1. The molecule has 2 rings (SSSR count). The number of unbranched alkanes of at least 4 members (excludes halogenated alkanes) is 1. The summed E-state index contributed by atoms with van der Waals surface area (Å²) < 4.78 is 5.21. The monoisotopic (exact) mass is 505 g/mol. The number of ether oxygens (including phenoxy) is 1. The molecule has 144 valence electrons. The molecule has 0 bridgehead atoms. The average molecular weight is 505 g/mol. The minimum Gasteiger partial charge on any atom is -0.497 e. The number of hydrogen-bond acceptors (Lipinski definition) is 4. The summed E-state index contributed by atoms with van der Waals surface area (Å²) in [7, 11) is 3.50. The van der Waals surface area contributed by atoms with Gasteiger partial charge in [0.15, 0.2) is 5.96 Å². The van der Waals surface area contributed by atoms with Crippen molar-refractivity contribution in [3.8, 4) is 16.9 Å². The maximum absolute atomic E-state index is 5.21. The van der Waals surface area contributed by atoms with Gasteiger partial charge in [0.25, 0.3) is 0 Å². The molecule has 26 heavy (non-hydrogen) atoms. The number of benzene rings is 1. The second-order valence-electron chi connectivity index (χ2n) is 5.58. The van der Waals surface area contributed by atoms with Gasteiger partial charge in [-0.15, -0.1) is 35.3 Å². The van der Waals surface area contributed by atoms with Crippen LogP contribution in [0.25, 0.3) is 11.1 Å². The van der Waals surface area contributed by atoms with E-state index in [0.717, 1.165) is 24.8 Å². The van der Waals surface area contributed by atoms with Crippen LogP contribution in [0.3, 0.4) is 0 Å². The first-order chi connectivity index (χ1) is 12.3. The van der Waals surface area contributed by atoms with E-state index >= 15 is 0 Å². The molecule has 0 aliphatic carbocycles. The van der Waals surface area contributed by atoms with Crippen molar-refractivity contribution in [3.05, 3.63) is 40.6 Å². The van der Waals surface area contributed by atoms with E-state index in [-0.39, 0.29) is 24.0 Å². The van der Waals surface area contributed by atoms with Crippen LogP contribution in [0.1, 0.15) is 17.7 Å². The molecule has 2 N–H and O–H groups in total. The zero-order chi connectivity index (χ0) is 17.9. The predicted molar refractivity (Wildman–Crippen MR) is 128 cm³/mol. The Morgan fingerprint density at radius 3 is 2.58 bits per heavy atom. The highest BCUT2D eigenvalue weighted by Gasteiger charge is 2.04. The van der Waals surface area contributed by atoms with Crippen LogP contribution in [0.15, 0.2) is 40.7 Å². The van der Waals surface area contributed by atoms with Crippen molar-refractivity contribution in [1.29, 1.82) is 0 Å². The summed E-state index contributed by atoms with van der Waals surface area (Å²) in [5, 5.41) is 8.95. The Morgan fingerprint density at radius 1 is 1.15 bits per heavy atom. The molecule has 0 aliphatic heterocycles. The van der Waals surface area contributed by atoms with Gasteiger partial charge < -0.3 is 15.4 Å². The lowest BCUT2D eigenvalue weighted by Crippen LogP contribution is -2.37. The van der Waals surface area contributed by atoms with Gasteiger partial charge in [0.1, 0.15) is 5.75 Å². The van der Waals surface area contributed by atoms with E-state index in [1.165, 1.54) is 34.6 Å². The van der Waals surface area contributed by atoms with Gasteiger partial charge in [-0.3, -0.25) is 4.99 Å². The molecule has 0 saturated heterocycles. The van der Waals surface area contributed by atoms with E-state index in [2.05, 4.69) is 45.5 Å². The molecule has 4 nitrogen and oxygen atoms in total. The van der Waals surface area contributed by atoms with E-state index in [9.17, 15) is 0 Å². The molecule has 0 atom stereocenters. The molecule has 0 aliphatic rings. The summed E-state index contributed by atoms with van der Waals surface area (Å²) in [6, 6.07) is 10.4. The lowest BCUT2D eigenvalue weighted by Gasteiger charge is -2.10. The number of methoxy groups -OCH3 is 1. The van der Waals surface area contributed by atoms with Crippen LogP contribution in [-0.2, 0) is 6.54 Å². The lowest BCUT2D eigenvalue weighted by molar-refractivity contribution is 0.415. The second kappa shape index (κ2) is 13.3. The first kappa shape index (κ1) is 23.1. The van der Waals surface area contributed by atoms with Crippen LogP contribution in [0.2, 0.25) is 0 Å². The summed E-state index contributed by atoms with van der Waals surface area (Å²) in [5.41, 5.74) is 2.45. The number of aliphatic imine (C=N–C) groups is 1. The van der Waals surface area contributed by atoms with Crippen LogP contribution in [0, 0.1) is 0 Å². The highest BCUT2D eigenvalue weighted by molar-refractivity contribution is 14.0. The Kier molecular flexibility index (Phi) is 11.8. The van der Waals surface area contributed by atoms with E-state index < -0.39 is 0 Å². The van der Waals surface area contributed by atoms with Gasteiger partial charge in [-0.25, -0.2) is 0 Å². The third kappa shape index (κ3) is 7.75. The molecule has 0 saturated carbocycles. The first-order valence-corrected chi connectivity index (χ1v) is 10.7. The minimum atomic E-state index is 0. The normalized spacial score (nSPS) is 11.0. The molecule has 0 unspecified atom stereocenters. The summed E-state index contributed by atoms with van der Waals surface area (Å²) in [6.07, 6.45) is 4.55. The highest BCUT2D eigenvalue weighted by atomic mass is 127. The van der Waals surface area contributed by atoms with Crippen LogP contribution < -0.4 is 15.4 Å². The molecule has 0 amide bonds. The fourth-order valence-corrected chi connectivity index (χ4v) is 3.70. The highest BCUT2D eigenvalue weighted by Crippen LogP contribution is 2.27. The molecule has 0 radical (unpaired) electrons. The van der Waals surface area contributed by atoms with E-state index in [4.69, 9.17) is 4.74 Å². The molecule has 1 aromatic carbocycles. The van der Waals surface area contributed by atoms with Crippen molar-refractivity contribution >= 4 is 53.0 Å². The van der Waals surface area contributed by atoms with E-state index in [1.54, 1.807) is 18.4 Å². The van der Waals surface area contributed by atoms with Crippen molar-refractivity contribution in [2.24, 2.45) is 4.99 Å². The molecular weight excluding hydrogens is 477 g/mol. The summed E-state index contributed by atoms with van der Waals surface area (Å²) in [5.74, 6) is 2.97. The van der Waals surface area contributed by atoms with E-state index in [0.29, 0.717) is 0 Å². The van der Waals surface area contributed by atoms with Gasteiger partial charge >= 0.3 is 0 Å². The Labute approximate surface area is 182 Å². The topological polar surface area (TPSA) is 45.7 Å². The number of nitrogens with one attached hydrogen (secondary N) is 2. The minimum absolute atomic E-state index is 0. The quantitative estimate of drug-likeness (QED) is 0.221. The molecule has 1 aromatic heterocycles. The second-order valence-corrected chi connectivity index (χ2v) is 7.56. The van der Waals surface area contributed by atoms with Gasteiger partial charge in [0, 0.05) is 18.5 Å². The zero-order valence-electron chi connectivity index (χ0n) is 15.6.